The van der Waals surface area contributed by atoms with Gasteiger partial charge in [0.1, 0.15) is 34.8 Å². The topological polar surface area (TPSA) is 207 Å². The third kappa shape index (κ3) is 12.8. The minimum absolute atomic E-state index is 0.0865. The van der Waals surface area contributed by atoms with Crippen molar-refractivity contribution in [3.63, 3.8) is 0 Å². The molecule has 4 atom stereocenters. The third-order valence-corrected chi connectivity index (χ3v) is 16.3. The highest BCUT2D eigenvalue weighted by Crippen LogP contribution is 2.40. The Bertz CT molecular complexity index is 2630. The minimum Gasteiger partial charge on any atom is -0.393 e. The average molecular weight is 1030 g/mol. The Labute approximate surface area is 430 Å². The van der Waals surface area contributed by atoms with Crippen LogP contribution < -0.4 is 20.9 Å². The smallest absolute Gasteiger partial charge is 0.246 e. The van der Waals surface area contributed by atoms with Crippen molar-refractivity contribution in [2.45, 2.75) is 143 Å². The number of carbonyl (C=O) groups is 4. The second kappa shape index (κ2) is 23.0. The first kappa shape index (κ1) is 53.5. The van der Waals surface area contributed by atoms with Crippen molar-refractivity contribution in [1.29, 1.82) is 10.8 Å². The number of aromatic nitrogens is 1. The first-order valence-corrected chi connectivity index (χ1v) is 26.8. The number of thiazole rings is 1. The highest BCUT2D eigenvalue weighted by molar-refractivity contribution is 7.17. The molecule has 380 valence electrons. The lowest BCUT2D eigenvalue weighted by molar-refractivity contribution is -0.144. The number of hydrogen-bond donors (Lipinski definition) is 6. The number of aliphatic hydroxyl groups is 1. The maximum atomic E-state index is 13.8. The zero-order chi connectivity index (χ0) is 51.3. The van der Waals surface area contributed by atoms with Crippen molar-refractivity contribution >= 4 is 80.3 Å². The fourth-order valence-electron chi connectivity index (χ4n) is 9.40. The molecule has 71 heavy (non-hydrogen) atoms. The predicted molar refractivity (Wildman–Crippen MR) is 285 cm³/mol. The number of piperidine rings is 1. The molecule has 15 nitrogen and oxygen atoms in total. The van der Waals surface area contributed by atoms with E-state index < -0.39 is 23.5 Å². The summed E-state index contributed by atoms with van der Waals surface area (Å²) in [6, 6.07) is 13.6. The van der Waals surface area contributed by atoms with Crippen molar-refractivity contribution in [2.24, 2.45) is 10.4 Å². The molecule has 2 saturated heterocycles. The molecule has 2 aromatic carbocycles. The molecule has 18 heteroatoms. The van der Waals surface area contributed by atoms with Crippen LogP contribution in [0.3, 0.4) is 0 Å². The van der Waals surface area contributed by atoms with Crippen LogP contribution in [0, 0.1) is 37.0 Å². The van der Waals surface area contributed by atoms with Crippen LogP contribution in [0.1, 0.15) is 125 Å². The first-order chi connectivity index (χ1) is 33.7. The van der Waals surface area contributed by atoms with Crippen molar-refractivity contribution in [2.75, 3.05) is 31.1 Å². The summed E-state index contributed by atoms with van der Waals surface area (Å²) in [5.74, 6) is -0.307. The molecule has 0 bridgehead atoms. The Morgan fingerprint density at radius 2 is 1.56 bits per heavy atom. The van der Waals surface area contributed by atoms with Gasteiger partial charge < -0.3 is 26.0 Å². The molecular formula is C53H69ClN10O5S2. The van der Waals surface area contributed by atoms with Gasteiger partial charge in [0, 0.05) is 46.7 Å². The summed E-state index contributed by atoms with van der Waals surface area (Å²) in [7, 11) is 0. The van der Waals surface area contributed by atoms with Gasteiger partial charge in [-0.05, 0) is 114 Å². The Balaban J connectivity index is 0.000000215. The fourth-order valence-corrected chi connectivity index (χ4v) is 11.6. The molecule has 3 unspecified atom stereocenters. The molecule has 0 spiro atoms. The largest absolute Gasteiger partial charge is 0.393 e. The SMILES string of the molecule is CC(=N)N1C(=N)[C@H](CC(=O)NC2CCC2)N=C(c2ccc(Cl)cc2)c2c1sc(C)c2C.Cc1ncsc1-c1ccc(C(C)NC(=O)C2CCCN2C(=O)C(NC(=O)CN2CCC(O)CC2)C(C)(C)C)cc1. The van der Waals surface area contributed by atoms with Crippen LogP contribution in [-0.4, -0.2) is 117 Å². The van der Waals surface area contributed by atoms with Crippen molar-refractivity contribution in [3.05, 3.63) is 91.9 Å². The number of anilines is 1. The van der Waals surface area contributed by atoms with Crippen LogP contribution in [-0.2, 0) is 19.2 Å². The number of rotatable bonds is 12. The molecule has 2 aromatic heterocycles. The monoisotopic (exact) mass is 1020 g/mol. The maximum Gasteiger partial charge on any atom is 0.246 e. The lowest BCUT2D eigenvalue weighted by Crippen LogP contribution is -2.59. The molecule has 1 saturated carbocycles. The van der Waals surface area contributed by atoms with Gasteiger partial charge in [0.2, 0.25) is 23.6 Å². The Morgan fingerprint density at radius 3 is 2.15 bits per heavy atom. The number of aryl methyl sites for hydroxylation is 2. The molecule has 4 aromatic rings. The summed E-state index contributed by atoms with van der Waals surface area (Å²) in [4.78, 5) is 69.6. The van der Waals surface area contributed by atoms with Gasteiger partial charge in [-0.3, -0.25) is 44.8 Å². The molecule has 6 N–H and O–H groups in total. The zero-order valence-electron chi connectivity index (χ0n) is 42.2. The molecule has 4 amide bonds. The maximum absolute atomic E-state index is 13.8. The standard InChI is InChI=1S/C30H43N5O4S.C23H26ClN5OS/c1-19(21-8-10-22(11-9-21)26-20(2)31-18-40-26)32-28(38)24-7-6-14-35(24)29(39)27(30(3,4)5)33-25(37)17-34-15-12-23(36)13-16-34;1-12-13(2)31-23-20(12)21(15-7-9-16(24)10-8-15)28-18(22(26)29(23)14(3)25)11-19(30)27-17-5-4-6-17/h8-11,18-19,23-24,27,36H,6-7,12-17H2,1-5H3,(H,32,38)(H,33,37);7-10,17-18,25-26H,4-6,11H2,1-3H3,(H,27,30)/t;18-/m.0/s1. The molecule has 5 heterocycles. The lowest BCUT2D eigenvalue weighted by Gasteiger charge is -2.36. The number of aliphatic imine (C=N–C) groups is 1. The number of hydrogen-bond acceptors (Lipinski definition) is 12. The van der Waals surface area contributed by atoms with Gasteiger partial charge in [-0.1, -0.05) is 68.8 Å². The number of aliphatic hydroxyl groups excluding tert-OH is 1. The number of halogens is 1. The van der Waals surface area contributed by atoms with Crippen molar-refractivity contribution < 1.29 is 24.3 Å². The average Bonchev–Trinajstić information content (AvgIpc) is 4.03. The Hall–Kier alpha value is -5.33. The van der Waals surface area contributed by atoms with E-state index in [0.29, 0.717) is 43.9 Å². The number of amidine groups is 2. The van der Waals surface area contributed by atoms with Crippen LogP contribution in [0.15, 0.2) is 59.0 Å². The number of carbonyl (C=O) groups excluding carboxylic acids is 4. The summed E-state index contributed by atoms with van der Waals surface area (Å²) in [5.41, 5.74) is 8.02. The van der Waals surface area contributed by atoms with Crippen molar-refractivity contribution in [3.8, 4) is 10.4 Å². The molecule has 8 rings (SSSR count). The number of benzene rings is 2. The predicted octanol–water partition coefficient (Wildman–Crippen LogP) is 8.35. The normalized spacial score (nSPS) is 19.6. The lowest BCUT2D eigenvalue weighted by atomic mass is 9.85. The highest BCUT2D eigenvalue weighted by Gasteiger charge is 2.42. The van der Waals surface area contributed by atoms with E-state index in [4.69, 9.17) is 27.4 Å². The van der Waals surface area contributed by atoms with E-state index >= 15 is 0 Å². The number of likely N-dealkylation sites (tertiary alicyclic amines) is 2. The molecule has 3 fully saturated rings. The summed E-state index contributed by atoms with van der Waals surface area (Å²) in [5, 5.41) is 37.6. The van der Waals surface area contributed by atoms with E-state index in [1.165, 1.54) is 0 Å². The number of amides is 4. The molecular weight excluding hydrogens is 956 g/mol. The van der Waals surface area contributed by atoms with E-state index in [1.807, 2.05) is 107 Å². The number of nitrogens with one attached hydrogen (secondary N) is 5. The Morgan fingerprint density at radius 1 is 0.901 bits per heavy atom. The fraction of sp³-hybridized carbons (Fsp3) is 0.509. The van der Waals surface area contributed by atoms with E-state index in [1.54, 1.807) is 39.4 Å². The molecule has 3 aliphatic heterocycles. The van der Waals surface area contributed by atoms with Gasteiger partial charge in [0.05, 0.1) is 46.9 Å². The first-order valence-electron chi connectivity index (χ1n) is 24.7. The summed E-state index contributed by atoms with van der Waals surface area (Å²) < 4.78 is 0. The number of nitrogens with zero attached hydrogens (tertiary/aromatic N) is 5. The summed E-state index contributed by atoms with van der Waals surface area (Å²) >= 11 is 9.27. The van der Waals surface area contributed by atoms with E-state index in [0.717, 1.165) is 79.7 Å². The van der Waals surface area contributed by atoms with E-state index in [9.17, 15) is 24.3 Å². The van der Waals surface area contributed by atoms with Crippen LogP contribution in [0.5, 0.6) is 0 Å². The van der Waals surface area contributed by atoms with Gasteiger partial charge in [-0.2, -0.15) is 0 Å². The minimum atomic E-state index is -0.746. The molecule has 1 aliphatic carbocycles. The summed E-state index contributed by atoms with van der Waals surface area (Å²) in [6.45, 7) is 17.5. The van der Waals surface area contributed by atoms with E-state index in [-0.39, 0.29) is 66.5 Å². The van der Waals surface area contributed by atoms with Crippen LogP contribution in [0.4, 0.5) is 5.00 Å². The van der Waals surface area contributed by atoms with Crippen LogP contribution in [0.25, 0.3) is 10.4 Å². The van der Waals surface area contributed by atoms with Gasteiger partial charge in [0.15, 0.2) is 0 Å². The molecule has 0 radical (unpaired) electrons. The summed E-state index contributed by atoms with van der Waals surface area (Å²) in [6.07, 6.45) is 5.56. The highest BCUT2D eigenvalue weighted by atomic mass is 35.5. The van der Waals surface area contributed by atoms with E-state index in [2.05, 4.69) is 20.9 Å². The van der Waals surface area contributed by atoms with Gasteiger partial charge >= 0.3 is 0 Å². The van der Waals surface area contributed by atoms with Crippen molar-refractivity contribution in [1.82, 2.24) is 30.7 Å². The molecule has 4 aliphatic rings. The van der Waals surface area contributed by atoms with Crippen LogP contribution >= 0.6 is 34.3 Å². The number of thiophene rings is 1. The van der Waals surface area contributed by atoms with Gasteiger partial charge in [0.25, 0.3) is 0 Å². The Kier molecular flexibility index (Phi) is 17.4. The quantitative estimate of drug-likeness (QED) is 0.0599. The zero-order valence-corrected chi connectivity index (χ0v) is 44.5. The third-order valence-electron chi connectivity index (χ3n) is 13.9. The van der Waals surface area contributed by atoms with Gasteiger partial charge in [-0.25, -0.2) is 4.98 Å². The van der Waals surface area contributed by atoms with Crippen LogP contribution in [0.2, 0.25) is 5.02 Å². The van der Waals surface area contributed by atoms with Gasteiger partial charge in [-0.15, -0.1) is 22.7 Å². The second-order valence-corrected chi connectivity index (χ2v) is 22.8. The second-order valence-electron chi connectivity index (χ2n) is 20.4. The number of fused-ring (bicyclic) bond motifs is 1.